The zero-order valence-corrected chi connectivity index (χ0v) is 16.8. The highest BCUT2D eigenvalue weighted by atomic mass is 16.5. The molecule has 0 aliphatic rings. The van der Waals surface area contributed by atoms with Crippen LogP contribution in [-0.2, 0) is 20.9 Å². The first-order chi connectivity index (χ1) is 13.7. The van der Waals surface area contributed by atoms with Crippen LogP contribution in [0.25, 0.3) is 0 Å². The van der Waals surface area contributed by atoms with Gasteiger partial charge in [-0.25, -0.2) is 0 Å². The molecule has 5 nitrogen and oxygen atoms in total. The van der Waals surface area contributed by atoms with Gasteiger partial charge in [-0.1, -0.05) is 67.6 Å². The molecule has 0 saturated heterocycles. The molecule has 0 heterocycles. The number of rotatable bonds is 11. The quantitative estimate of drug-likeness (QED) is 0.603. The van der Waals surface area contributed by atoms with Crippen LogP contribution >= 0.6 is 0 Å². The lowest BCUT2D eigenvalue weighted by Gasteiger charge is -2.31. The van der Waals surface area contributed by atoms with Gasteiger partial charge in [-0.05, 0) is 24.5 Å². The van der Waals surface area contributed by atoms with E-state index < -0.39 is 6.04 Å². The fraction of sp³-hybridized carbons (Fsp3) is 0.391. The molecule has 0 radical (unpaired) electrons. The Kier molecular flexibility index (Phi) is 9.22. The van der Waals surface area contributed by atoms with Gasteiger partial charge in [-0.3, -0.25) is 9.59 Å². The second kappa shape index (κ2) is 11.9. The number of carbonyl (C=O) groups excluding carboxylic acids is 2. The second-order valence-corrected chi connectivity index (χ2v) is 6.52. The smallest absolute Gasteiger partial charge is 0.247 e. The molecule has 0 saturated carbocycles. The lowest BCUT2D eigenvalue weighted by Crippen LogP contribution is -2.43. The fourth-order valence-electron chi connectivity index (χ4n) is 3.04. The minimum Gasteiger partial charge on any atom is -0.382 e. The van der Waals surface area contributed by atoms with E-state index in [9.17, 15) is 9.59 Å². The van der Waals surface area contributed by atoms with Crippen molar-refractivity contribution in [2.75, 3.05) is 19.8 Å². The molecule has 2 aromatic rings. The maximum absolute atomic E-state index is 13.1. The minimum atomic E-state index is -0.666. The molecule has 0 aliphatic heterocycles. The van der Waals surface area contributed by atoms with Gasteiger partial charge in [0.15, 0.2) is 0 Å². The first-order valence-corrected chi connectivity index (χ1v) is 9.91. The molecule has 0 fully saturated rings. The molecule has 0 spiro atoms. The summed E-state index contributed by atoms with van der Waals surface area (Å²) in [6, 6.07) is 18.6. The molecule has 2 rings (SSSR count). The Morgan fingerprint density at radius 1 is 1.00 bits per heavy atom. The molecule has 1 atom stereocenters. The van der Waals surface area contributed by atoms with Crippen molar-refractivity contribution < 1.29 is 14.3 Å². The Bertz CT molecular complexity index is 719. The van der Waals surface area contributed by atoms with E-state index in [1.807, 2.05) is 74.5 Å². The summed E-state index contributed by atoms with van der Waals surface area (Å²) in [5, 5.41) is 2.97. The van der Waals surface area contributed by atoms with E-state index in [4.69, 9.17) is 4.74 Å². The number of amides is 2. The third-order valence-electron chi connectivity index (χ3n) is 4.46. The van der Waals surface area contributed by atoms with Crippen LogP contribution in [0, 0.1) is 0 Å². The molecular formula is C23H30N2O3. The maximum atomic E-state index is 13.1. The van der Waals surface area contributed by atoms with Gasteiger partial charge >= 0.3 is 0 Å². The Morgan fingerprint density at radius 3 is 2.25 bits per heavy atom. The Hall–Kier alpha value is -2.66. The highest BCUT2D eigenvalue weighted by Gasteiger charge is 2.30. The summed E-state index contributed by atoms with van der Waals surface area (Å²) >= 11 is 0. The number of hydrogen-bond acceptors (Lipinski definition) is 3. The van der Waals surface area contributed by atoms with E-state index >= 15 is 0 Å². The predicted molar refractivity (Wildman–Crippen MR) is 111 cm³/mol. The van der Waals surface area contributed by atoms with Crippen molar-refractivity contribution in [2.24, 2.45) is 0 Å². The van der Waals surface area contributed by atoms with E-state index in [-0.39, 0.29) is 11.8 Å². The molecule has 2 amide bonds. The lowest BCUT2D eigenvalue weighted by molar-refractivity contribution is -0.141. The average molecular weight is 383 g/mol. The van der Waals surface area contributed by atoms with Gasteiger partial charge in [-0.2, -0.15) is 0 Å². The van der Waals surface area contributed by atoms with Crippen LogP contribution in [0.5, 0.6) is 0 Å². The average Bonchev–Trinajstić information content (AvgIpc) is 2.74. The van der Waals surface area contributed by atoms with Gasteiger partial charge in [0.25, 0.3) is 0 Å². The van der Waals surface area contributed by atoms with E-state index in [0.717, 1.165) is 17.5 Å². The maximum Gasteiger partial charge on any atom is 0.247 e. The van der Waals surface area contributed by atoms with Crippen molar-refractivity contribution in [1.82, 2.24) is 10.2 Å². The largest absolute Gasteiger partial charge is 0.382 e. The van der Waals surface area contributed by atoms with Gasteiger partial charge < -0.3 is 15.0 Å². The number of nitrogens with zero attached hydrogens (tertiary/aromatic N) is 1. The summed E-state index contributed by atoms with van der Waals surface area (Å²) in [5.41, 5.74) is 1.80. The molecular weight excluding hydrogens is 352 g/mol. The normalized spacial score (nSPS) is 11.6. The number of nitrogens with one attached hydrogen (secondary N) is 1. The van der Waals surface area contributed by atoms with Gasteiger partial charge in [0.05, 0.1) is 0 Å². The first-order valence-electron chi connectivity index (χ1n) is 9.91. The third-order valence-corrected chi connectivity index (χ3v) is 4.46. The summed E-state index contributed by atoms with van der Waals surface area (Å²) in [5.74, 6) is -0.220. The van der Waals surface area contributed by atoms with E-state index in [0.29, 0.717) is 32.7 Å². The monoisotopic (exact) mass is 382 g/mol. The third kappa shape index (κ3) is 6.50. The van der Waals surface area contributed by atoms with Crippen molar-refractivity contribution >= 4 is 11.8 Å². The topological polar surface area (TPSA) is 58.6 Å². The summed E-state index contributed by atoms with van der Waals surface area (Å²) < 4.78 is 5.33. The molecule has 1 N–H and O–H groups in total. The number of carbonyl (C=O) groups is 2. The number of ether oxygens (including phenoxy) is 1. The van der Waals surface area contributed by atoms with Crippen molar-refractivity contribution in [3.05, 3.63) is 71.8 Å². The molecule has 0 bridgehead atoms. The van der Waals surface area contributed by atoms with Gasteiger partial charge in [0.2, 0.25) is 11.8 Å². The van der Waals surface area contributed by atoms with Crippen LogP contribution in [0.15, 0.2) is 60.7 Å². The van der Waals surface area contributed by atoms with Gasteiger partial charge in [0, 0.05) is 32.7 Å². The molecule has 2 aromatic carbocycles. The second-order valence-electron chi connectivity index (χ2n) is 6.52. The van der Waals surface area contributed by atoms with Crippen molar-refractivity contribution in [2.45, 2.75) is 39.3 Å². The van der Waals surface area contributed by atoms with Crippen LogP contribution in [-0.4, -0.2) is 36.5 Å². The lowest BCUT2D eigenvalue weighted by atomic mass is 10.0. The van der Waals surface area contributed by atoms with Gasteiger partial charge in [0.1, 0.15) is 6.04 Å². The number of hydrogen-bond donors (Lipinski definition) is 1. The zero-order chi connectivity index (χ0) is 20.2. The molecule has 5 heteroatoms. The highest BCUT2D eigenvalue weighted by molar-refractivity contribution is 5.88. The standard InChI is InChI=1S/C23H30N2O3/c1-3-21(26)25(18-19-12-7-5-8-13-19)22(20-14-9-6-10-15-20)23(27)24-16-11-17-28-4-2/h5-10,12-15,22H,3-4,11,16-18H2,1-2H3,(H,24,27). The van der Waals surface area contributed by atoms with Crippen LogP contribution < -0.4 is 5.32 Å². The van der Waals surface area contributed by atoms with Gasteiger partial charge in [-0.15, -0.1) is 0 Å². The minimum absolute atomic E-state index is 0.0535. The summed E-state index contributed by atoms with van der Waals surface area (Å²) in [4.78, 5) is 27.5. The molecule has 0 aliphatic carbocycles. The SMILES string of the molecule is CCOCCCNC(=O)C(c1ccccc1)N(Cc1ccccc1)C(=O)CC. The van der Waals surface area contributed by atoms with E-state index in [2.05, 4.69) is 5.32 Å². The molecule has 1 unspecified atom stereocenters. The summed E-state index contributed by atoms with van der Waals surface area (Å²) in [6.45, 7) is 5.94. The highest BCUT2D eigenvalue weighted by Crippen LogP contribution is 2.24. The number of benzene rings is 2. The molecule has 150 valence electrons. The summed E-state index contributed by atoms with van der Waals surface area (Å²) in [7, 11) is 0. The van der Waals surface area contributed by atoms with Crippen molar-refractivity contribution in [3.8, 4) is 0 Å². The van der Waals surface area contributed by atoms with Crippen LogP contribution in [0.2, 0.25) is 0 Å². The van der Waals surface area contributed by atoms with E-state index in [1.54, 1.807) is 4.90 Å². The van der Waals surface area contributed by atoms with Crippen molar-refractivity contribution in [1.29, 1.82) is 0 Å². The predicted octanol–water partition coefficient (Wildman–Crippen LogP) is 3.71. The van der Waals surface area contributed by atoms with E-state index in [1.165, 1.54) is 0 Å². The van der Waals surface area contributed by atoms with Crippen LogP contribution in [0.4, 0.5) is 0 Å². The van der Waals surface area contributed by atoms with Crippen LogP contribution in [0.1, 0.15) is 43.9 Å². The fourth-order valence-corrected chi connectivity index (χ4v) is 3.04. The molecule has 28 heavy (non-hydrogen) atoms. The summed E-state index contributed by atoms with van der Waals surface area (Å²) in [6.07, 6.45) is 1.08. The van der Waals surface area contributed by atoms with Crippen molar-refractivity contribution in [3.63, 3.8) is 0 Å². The molecule has 0 aromatic heterocycles. The van der Waals surface area contributed by atoms with Crippen LogP contribution in [0.3, 0.4) is 0 Å². The Balaban J connectivity index is 2.23. The Morgan fingerprint density at radius 2 is 1.64 bits per heavy atom. The zero-order valence-electron chi connectivity index (χ0n) is 16.8. The first kappa shape index (κ1) is 21.6. The Labute approximate surface area is 167 Å².